The second-order valence-electron chi connectivity index (χ2n) is 5.94. The molecular formula is C16H23N. The number of aryl methyl sites for hydroxylation is 2. The molecule has 0 spiro atoms. The van der Waals surface area contributed by atoms with Crippen molar-refractivity contribution >= 4 is 0 Å². The van der Waals surface area contributed by atoms with Crippen LogP contribution in [0.5, 0.6) is 0 Å². The first-order valence-electron chi connectivity index (χ1n) is 7.30. The van der Waals surface area contributed by atoms with Gasteiger partial charge in [-0.15, -0.1) is 0 Å². The molecule has 0 radical (unpaired) electrons. The molecule has 1 heteroatoms. The Bertz CT molecular complexity index is 397. The molecule has 0 bridgehead atoms. The lowest BCUT2D eigenvalue weighted by molar-refractivity contribution is 0.607. The van der Waals surface area contributed by atoms with Crippen LogP contribution in [0, 0.1) is 0 Å². The molecule has 0 saturated carbocycles. The first-order valence-corrected chi connectivity index (χ1v) is 7.30. The molecule has 0 N–H and O–H groups in total. The first-order chi connectivity index (χ1) is 8.27. The minimum Gasteiger partial charge on any atom is -0.257 e. The van der Waals surface area contributed by atoms with Crippen LogP contribution in [0.3, 0.4) is 0 Å². The van der Waals surface area contributed by atoms with E-state index in [4.69, 9.17) is 4.98 Å². The van der Waals surface area contributed by atoms with Gasteiger partial charge in [0.2, 0.25) is 0 Å². The van der Waals surface area contributed by atoms with Gasteiger partial charge >= 0.3 is 0 Å². The normalized spacial score (nSPS) is 19.0. The van der Waals surface area contributed by atoms with Gasteiger partial charge in [-0.1, -0.05) is 13.8 Å². The SMILES string of the molecule is CC(C)c1c2c(nc3c1CCCC3)CCCC2. The number of pyridine rings is 1. The van der Waals surface area contributed by atoms with E-state index >= 15 is 0 Å². The van der Waals surface area contributed by atoms with E-state index in [1.807, 2.05) is 0 Å². The molecule has 0 amide bonds. The molecule has 3 rings (SSSR count). The Balaban J connectivity index is 2.19. The quantitative estimate of drug-likeness (QED) is 0.710. The summed E-state index contributed by atoms with van der Waals surface area (Å²) < 4.78 is 0. The van der Waals surface area contributed by atoms with Gasteiger partial charge in [-0.3, -0.25) is 4.98 Å². The van der Waals surface area contributed by atoms with Crippen molar-refractivity contribution in [3.63, 3.8) is 0 Å². The number of hydrogen-bond acceptors (Lipinski definition) is 1. The van der Waals surface area contributed by atoms with Gasteiger partial charge in [0.1, 0.15) is 0 Å². The molecule has 17 heavy (non-hydrogen) atoms. The Hall–Kier alpha value is -0.850. The van der Waals surface area contributed by atoms with E-state index in [9.17, 15) is 0 Å². The highest BCUT2D eigenvalue weighted by Crippen LogP contribution is 2.35. The lowest BCUT2D eigenvalue weighted by Crippen LogP contribution is -2.18. The molecule has 1 nitrogen and oxygen atoms in total. The van der Waals surface area contributed by atoms with Crippen molar-refractivity contribution in [1.29, 1.82) is 0 Å². The maximum atomic E-state index is 5.00. The van der Waals surface area contributed by atoms with Gasteiger partial charge in [0.25, 0.3) is 0 Å². The highest BCUT2D eigenvalue weighted by Gasteiger charge is 2.24. The summed E-state index contributed by atoms with van der Waals surface area (Å²) in [4.78, 5) is 5.00. The van der Waals surface area contributed by atoms with Crippen LogP contribution >= 0.6 is 0 Å². The second kappa shape index (κ2) is 4.44. The Morgan fingerprint density at radius 2 is 1.24 bits per heavy atom. The lowest BCUT2D eigenvalue weighted by Gasteiger charge is -2.28. The third-order valence-electron chi connectivity index (χ3n) is 4.37. The van der Waals surface area contributed by atoms with Gasteiger partial charge in [0.05, 0.1) is 0 Å². The van der Waals surface area contributed by atoms with Crippen LogP contribution in [0.25, 0.3) is 0 Å². The molecule has 1 aromatic rings. The van der Waals surface area contributed by atoms with Crippen LogP contribution in [0.2, 0.25) is 0 Å². The lowest BCUT2D eigenvalue weighted by atomic mass is 9.80. The minimum atomic E-state index is 0.677. The largest absolute Gasteiger partial charge is 0.257 e. The van der Waals surface area contributed by atoms with E-state index in [1.165, 1.54) is 62.8 Å². The molecule has 1 aromatic heterocycles. The summed E-state index contributed by atoms with van der Waals surface area (Å²) in [6.45, 7) is 4.72. The Morgan fingerprint density at radius 1 is 0.765 bits per heavy atom. The van der Waals surface area contributed by atoms with Crippen LogP contribution in [0.1, 0.15) is 73.5 Å². The summed E-state index contributed by atoms with van der Waals surface area (Å²) in [5.74, 6) is 0.677. The van der Waals surface area contributed by atoms with E-state index in [1.54, 1.807) is 16.7 Å². The third-order valence-corrected chi connectivity index (χ3v) is 4.37. The molecule has 0 fully saturated rings. The number of rotatable bonds is 1. The summed E-state index contributed by atoms with van der Waals surface area (Å²) in [5, 5.41) is 0. The van der Waals surface area contributed by atoms with E-state index in [2.05, 4.69) is 13.8 Å². The zero-order valence-corrected chi connectivity index (χ0v) is 11.2. The predicted octanol–water partition coefficient (Wildman–Crippen LogP) is 3.96. The zero-order chi connectivity index (χ0) is 11.8. The highest BCUT2D eigenvalue weighted by molar-refractivity contribution is 5.44. The van der Waals surface area contributed by atoms with Crippen LogP contribution in [-0.4, -0.2) is 4.98 Å². The monoisotopic (exact) mass is 229 g/mol. The number of aromatic nitrogens is 1. The van der Waals surface area contributed by atoms with Gasteiger partial charge in [-0.2, -0.15) is 0 Å². The van der Waals surface area contributed by atoms with E-state index in [0.717, 1.165) is 0 Å². The highest BCUT2D eigenvalue weighted by atomic mass is 14.7. The van der Waals surface area contributed by atoms with E-state index in [-0.39, 0.29) is 0 Å². The maximum Gasteiger partial charge on any atom is 0.0441 e. The maximum absolute atomic E-state index is 5.00. The average Bonchev–Trinajstić information content (AvgIpc) is 2.35. The van der Waals surface area contributed by atoms with Gasteiger partial charge in [0, 0.05) is 11.4 Å². The molecule has 2 aliphatic carbocycles. The van der Waals surface area contributed by atoms with Crippen LogP contribution in [-0.2, 0) is 25.7 Å². The molecule has 0 atom stereocenters. The van der Waals surface area contributed by atoms with Crippen molar-refractivity contribution in [1.82, 2.24) is 4.98 Å². The van der Waals surface area contributed by atoms with Crippen molar-refractivity contribution in [2.75, 3.05) is 0 Å². The molecule has 92 valence electrons. The number of nitrogens with zero attached hydrogens (tertiary/aromatic N) is 1. The van der Waals surface area contributed by atoms with Crippen LogP contribution in [0.15, 0.2) is 0 Å². The average molecular weight is 229 g/mol. The molecule has 1 heterocycles. The molecule has 0 unspecified atom stereocenters. The zero-order valence-electron chi connectivity index (χ0n) is 11.2. The summed E-state index contributed by atoms with van der Waals surface area (Å²) >= 11 is 0. The molecule has 0 aromatic carbocycles. The fourth-order valence-corrected chi connectivity index (χ4v) is 3.65. The van der Waals surface area contributed by atoms with Gasteiger partial charge in [0.15, 0.2) is 0 Å². The van der Waals surface area contributed by atoms with Crippen molar-refractivity contribution in [2.24, 2.45) is 0 Å². The standard InChI is InChI=1S/C16H23N/c1-11(2)16-12-7-3-5-9-14(12)17-15-10-6-4-8-13(15)16/h11H,3-10H2,1-2H3. The number of fused-ring (bicyclic) bond motifs is 2. The van der Waals surface area contributed by atoms with Crippen molar-refractivity contribution in [3.05, 3.63) is 28.1 Å². The molecule has 2 aliphatic rings. The van der Waals surface area contributed by atoms with Crippen LogP contribution in [0.4, 0.5) is 0 Å². The van der Waals surface area contributed by atoms with E-state index < -0.39 is 0 Å². The Morgan fingerprint density at radius 3 is 1.71 bits per heavy atom. The first kappa shape index (κ1) is 11.3. The van der Waals surface area contributed by atoms with E-state index in [0.29, 0.717) is 5.92 Å². The van der Waals surface area contributed by atoms with Gasteiger partial charge in [-0.05, 0) is 74.0 Å². The Labute approximate surface area is 105 Å². The van der Waals surface area contributed by atoms with Crippen molar-refractivity contribution in [2.45, 2.75) is 71.1 Å². The minimum absolute atomic E-state index is 0.677. The van der Waals surface area contributed by atoms with Crippen LogP contribution < -0.4 is 0 Å². The predicted molar refractivity (Wildman–Crippen MR) is 71.6 cm³/mol. The van der Waals surface area contributed by atoms with Gasteiger partial charge in [-0.25, -0.2) is 0 Å². The molecule has 0 aliphatic heterocycles. The Kier molecular flexibility index (Phi) is 2.94. The third kappa shape index (κ3) is 1.90. The smallest absolute Gasteiger partial charge is 0.0441 e. The second-order valence-corrected chi connectivity index (χ2v) is 5.94. The topological polar surface area (TPSA) is 12.9 Å². The number of hydrogen-bond donors (Lipinski definition) is 0. The molecule has 0 saturated heterocycles. The summed E-state index contributed by atoms with van der Waals surface area (Å²) in [7, 11) is 0. The van der Waals surface area contributed by atoms with Crippen molar-refractivity contribution in [3.8, 4) is 0 Å². The summed E-state index contributed by atoms with van der Waals surface area (Å²) in [6, 6.07) is 0. The summed E-state index contributed by atoms with van der Waals surface area (Å²) in [5.41, 5.74) is 7.84. The fraction of sp³-hybridized carbons (Fsp3) is 0.688. The van der Waals surface area contributed by atoms with Gasteiger partial charge < -0.3 is 0 Å². The molecular weight excluding hydrogens is 206 g/mol. The summed E-state index contributed by atoms with van der Waals surface area (Å²) in [6.07, 6.45) is 10.4. The van der Waals surface area contributed by atoms with Crippen molar-refractivity contribution < 1.29 is 0 Å². The fourth-order valence-electron chi connectivity index (χ4n) is 3.65.